The number of aromatic nitrogens is 2. The number of esters is 1. The predicted molar refractivity (Wildman–Crippen MR) is 135 cm³/mol. The molecule has 1 amide bonds. The van der Waals surface area contributed by atoms with Crippen LogP contribution in [0.4, 0.5) is 5.69 Å². The fourth-order valence-electron chi connectivity index (χ4n) is 4.66. The number of benzene rings is 1. The molecule has 1 aliphatic heterocycles. The van der Waals surface area contributed by atoms with Crippen LogP contribution in [0.25, 0.3) is 22.0 Å². The summed E-state index contributed by atoms with van der Waals surface area (Å²) >= 11 is 1.51. The van der Waals surface area contributed by atoms with E-state index in [9.17, 15) is 9.59 Å². The van der Waals surface area contributed by atoms with Crippen molar-refractivity contribution in [2.45, 2.75) is 70.6 Å². The van der Waals surface area contributed by atoms with Gasteiger partial charge in [0, 0.05) is 17.1 Å². The van der Waals surface area contributed by atoms with Gasteiger partial charge in [-0.1, -0.05) is 19.4 Å². The minimum atomic E-state index is -0.754. The minimum Gasteiger partial charge on any atom is -0.478 e. The zero-order chi connectivity index (χ0) is 24.4. The fraction of sp³-hybridized carbons (Fsp3) is 0.407. The van der Waals surface area contributed by atoms with Gasteiger partial charge in [-0.2, -0.15) is 0 Å². The van der Waals surface area contributed by atoms with Gasteiger partial charge in [0.05, 0.1) is 17.1 Å². The summed E-state index contributed by atoms with van der Waals surface area (Å²) in [5.41, 5.74) is 3.00. The molecule has 2 aliphatic rings. The van der Waals surface area contributed by atoms with Crippen LogP contribution in [-0.4, -0.2) is 40.1 Å². The molecular formula is C27H29N3O4S. The molecule has 0 radical (unpaired) electrons. The summed E-state index contributed by atoms with van der Waals surface area (Å²) in [6.45, 7) is 3.64. The number of hydrogen-bond donors (Lipinski definition) is 0. The predicted octanol–water partition coefficient (Wildman–Crippen LogP) is 5.64. The van der Waals surface area contributed by atoms with Crippen LogP contribution in [0.5, 0.6) is 5.75 Å². The van der Waals surface area contributed by atoms with Crippen molar-refractivity contribution in [2.24, 2.45) is 0 Å². The summed E-state index contributed by atoms with van der Waals surface area (Å²) in [4.78, 5) is 37.1. The van der Waals surface area contributed by atoms with Gasteiger partial charge in [0.25, 0.3) is 5.91 Å². The summed E-state index contributed by atoms with van der Waals surface area (Å²) in [6.07, 6.45) is 6.65. The molecule has 3 heterocycles. The molecule has 1 aliphatic carbocycles. The van der Waals surface area contributed by atoms with E-state index in [4.69, 9.17) is 14.5 Å². The molecule has 2 atom stereocenters. The van der Waals surface area contributed by atoms with Crippen molar-refractivity contribution in [1.29, 1.82) is 0 Å². The monoisotopic (exact) mass is 491 g/mol. The first-order chi connectivity index (χ1) is 17.0. The van der Waals surface area contributed by atoms with E-state index in [1.54, 1.807) is 18.0 Å². The maximum Gasteiger partial charge on any atom is 0.329 e. The van der Waals surface area contributed by atoms with Gasteiger partial charge in [0.1, 0.15) is 22.9 Å². The molecule has 1 fully saturated rings. The first kappa shape index (κ1) is 23.5. The number of fused-ring (bicyclic) bond motifs is 1. The summed E-state index contributed by atoms with van der Waals surface area (Å²) in [5.74, 6) is -0.0140. The number of pyridine rings is 1. The zero-order valence-corrected chi connectivity index (χ0v) is 20.8. The summed E-state index contributed by atoms with van der Waals surface area (Å²) < 4.78 is 11.8. The number of amides is 1. The van der Waals surface area contributed by atoms with Gasteiger partial charge in [-0.15, -0.1) is 11.3 Å². The molecule has 3 aromatic rings. The number of hydrogen-bond acceptors (Lipinski definition) is 7. The molecule has 2 aromatic heterocycles. The van der Waals surface area contributed by atoms with E-state index < -0.39 is 12.1 Å². The molecule has 182 valence electrons. The number of nitrogens with zero attached hydrogens (tertiary/aromatic N) is 3. The average molecular weight is 492 g/mol. The topological polar surface area (TPSA) is 81.6 Å². The molecular weight excluding hydrogens is 462 g/mol. The molecule has 1 aromatic carbocycles. The Bertz CT molecular complexity index is 1210. The smallest absolute Gasteiger partial charge is 0.329 e. The third-order valence-electron chi connectivity index (χ3n) is 6.62. The first-order valence-corrected chi connectivity index (χ1v) is 13.1. The van der Waals surface area contributed by atoms with Gasteiger partial charge in [0.15, 0.2) is 6.10 Å². The number of carbonyl (C=O) groups excluding carboxylic acids is 2. The van der Waals surface area contributed by atoms with Crippen LogP contribution in [0.1, 0.15) is 52.4 Å². The van der Waals surface area contributed by atoms with Gasteiger partial charge < -0.3 is 9.47 Å². The lowest BCUT2D eigenvalue weighted by atomic mass is 9.98. The van der Waals surface area contributed by atoms with Crippen LogP contribution < -0.4 is 9.64 Å². The molecule has 0 N–H and O–H groups in total. The molecule has 7 nitrogen and oxygen atoms in total. The SMILES string of the molecule is CCC1Oc2ccc(-c3csc(-c4ccccn4)n3)cc2N(C(C)C(=O)OC2CCCCC2)C1=O. The lowest BCUT2D eigenvalue weighted by Crippen LogP contribution is -2.53. The van der Waals surface area contributed by atoms with Gasteiger partial charge in [-0.3, -0.25) is 14.7 Å². The van der Waals surface area contributed by atoms with Crippen molar-refractivity contribution >= 4 is 28.9 Å². The Balaban J connectivity index is 1.45. The standard InChI is InChI=1S/C27H29N3O4S/c1-3-23-26(31)30(17(2)27(32)33-19-9-5-4-6-10-19)22-15-18(12-13-24(22)34-23)21-16-35-25(29-21)20-11-7-8-14-28-20/h7-8,11-17,19,23H,3-6,9-10H2,1-2H3. The summed E-state index contributed by atoms with van der Waals surface area (Å²) in [6, 6.07) is 10.6. The molecule has 0 spiro atoms. The molecule has 2 unspecified atom stereocenters. The van der Waals surface area contributed by atoms with Crippen LogP contribution in [-0.2, 0) is 14.3 Å². The van der Waals surface area contributed by atoms with Crippen molar-refractivity contribution in [3.05, 3.63) is 48.0 Å². The van der Waals surface area contributed by atoms with Gasteiger partial charge in [-0.25, -0.2) is 9.78 Å². The van der Waals surface area contributed by atoms with Crippen molar-refractivity contribution in [2.75, 3.05) is 4.90 Å². The number of thiazole rings is 1. The Hall–Kier alpha value is -3.26. The highest BCUT2D eigenvalue weighted by molar-refractivity contribution is 7.13. The minimum absolute atomic E-state index is 0.0670. The second-order valence-electron chi connectivity index (χ2n) is 9.03. The summed E-state index contributed by atoms with van der Waals surface area (Å²) in [7, 11) is 0. The van der Waals surface area contributed by atoms with E-state index in [0.29, 0.717) is 17.9 Å². The zero-order valence-electron chi connectivity index (χ0n) is 20.0. The normalized spacial score (nSPS) is 19.1. The van der Waals surface area contributed by atoms with Gasteiger partial charge in [0.2, 0.25) is 0 Å². The number of rotatable bonds is 6. The number of carbonyl (C=O) groups is 2. The van der Waals surface area contributed by atoms with Crippen LogP contribution in [0.2, 0.25) is 0 Å². The van der Waals surface area contributed by atoms with E-state index in [1.165, 1.54) is 17.8 Å². The first-order valence-electron chi connectivity index (χ1n) is 12.3. The summed E-state index contributed by atoms with van der Waals surface area (Å²) in [5, 5.41) is 2.79. The third-order valence-corrected chi connectivity index (χ3v) is 7.48. The molecule has 0 saturated heterocycles. The second kappa shape index (κ2) is 10.2. The lowest BCUT2D eigenvalue weighted by Gasteiger charge is -2.37. The van der Waals surface area contributed by atoms with Crippen molar-refractivity contribution in [1.82, 2.24) is 9.97 Å². The quantitative estimate of drug-likeness (QED) is 0.415. The number of ether oxygens (including phenoxy) is 2. The maximum atomic E-state index is 13.4. The Kier molecular flexibility index (Phi) is 6.81. The Morgan fingerprint density at radius 2 is 2.03 bits per heavy atom. The van der Waals surface area contributed by atoms with Gasteiger partial charge >= 0.3 is 5.97 Å². The van der Waals surface area contributed by atoms with Crippen molar-refractivity contribution in [3.8, 4) is 27.7 Å². The highest BCUT2D eigenvalue weighted by atomic mass is 32.1. The van der Waals surface area contributed by atoms with Crippen LogP contribution in [0.15, 0.2) is 48.0 Å². The highest BCUT2D eigenvalue weighted by Crippen LogP contribution is 2.40. The molecule has 5 rings (SSSR count). The van der Waals surface area contributed by atoms with E-state index in [2.05, 4.69) is 4.98 Å². The lowest BCUT2D eigenvalue weighted by molar-refractivity contribution is -0.153. The Labute approximate surface area is 209 Å². The third kappa shape index (κ3) is 4.80. The molecule has 0 bridgehead atoms. The Morgan fingerprint density at radius 1 is 1.20 bits per heavy atom. The van der Waals surface area contributed by atoms with E-state index in [-0.39, 0.29) is 18.0 Å². The molecule has 35 heavy (non-hydrogen) atoms. The highest BCUT2D eigenvalue weighted by Gasteiger charge is 2.40. The average Bonchev–Trinajstić information content (AvgIpc) is 3.39. The van der Waals surface area contributed by atoms with E-state index >= 15 is 0 Å². The van der Waals surface area contributed by atoms with Gasteiger partial charge in [-0.05, 0) is 69.4 Å². The van der Waals surface area contributed by atoms with Crippen molar-refractivity contribution < 1.29 is 19.1 Å². The van der Waals surface area contributed by atoms with Crippen LogP contribution in [0.3, 0.4) is 0 Å². The van der Waals surface area contributed by atoms with E-state index in [1.807, 2.05) is 48.7 Å². The maximum absolute atomic E-state index is 13.4. The van der Waals surface area contributed by atoms with Crippen molar-refractivity contribution in [3.63, 3.8) is 0 Å². The molecule has 1 saturated carbocycles. The number of anilines is 1. The van der Waals surface area contributed by atoms with Crippen LogP contribution in [0, 0.1) is 0 Å². The fourth-order valence-corrected chi connectivity index (χ4v) is 5.47. The van der Waals surface area contributed by atoms with E-state index in [0.717, 1.165) is 47.6 Å². The second-order valence-corrected chi connectivity index (χ2v) is 9.89. The Morgan fingerprint density at radius 3 is 2.77 bits per heavy atom. The largest absolute Gasteiger partial charge is 0.478 e. The van der Waals surface area contributed by atoms with Crippen LogP contribution >= 0.6 is 11.3 Å². The molecule has 8 heteroatoms.